The minimum atomic E-state index is 0.0301. The molecule has 0 aromatic carbocycles. The monoisotopic (exact) mass is 257 g/mol. The summed E-state index contributed by atoms with van der Waals surface area (Å²) in [6.45, 7) is 0. The van der Waals surface area contributed by atoms with Gasteiger partial charge in [0, 0.05) is 24.6 Å². The number of carbonyl (C=O) groups excluding carboxylic acids is 1. The van der Waals surface area contributed by atoms with E-state index in [2.05, 4.69) is 10.3 Å². The Morgan fingerprint density at radius 2 is 2.00 bits per heavy atom. The van der Waals surface area contributed by atoms with Gasteiger partial charge in [-0.05, 0) is 25.0 Å². The maximum atomic E-state index is 12.2. The minimum absolute atomic E-state index is 0.0301. The van der Waals surface area contributed by atoms with Crippen molar-refractivity contribution in [2.24, 2.45) is 0 Å². The molecule has 1 aliphatic rings. The van der Waals surface area contributed by atoms with Crippen LogP contribution < -0.4 is 5.32 Å². The third-order valence-corrected chi connectivity index (χ3v) is 3.84. The van der Waals surface area contributed by atoms with Crippen molar-refractivity contribution < 1.29 is 4.79 Å². The highest BCUT2D eigenvalue weighted by molar-refractivity contribution is 5.94. The smallest absolute Gasteiger partial charge is 0.252 e. The lowest BCUT2D eigenvalue weighted by Crippen LogP contribution is -2.34. The Labute approximate surface area is 112 Å². The Bertz CT molecular complexity index is 568. The summed E-state index contributed by atoms with van der Waals surface area (Å²) in [6, 6.07) is 4.06. The fourth-order valence-corrected chi connectivity index (χ4v) is 2.75. The van der Waals surface area contributed by atoms with Gasteiger partial charge in [0.05, 0.1) is 5.56 Å². The van der Waals surface area contributed by atoms with E-state index in [1.165, 1.54) is 25.7 Å². The molecule has 1 N–H and O–H groups in total. The van der Waals surface area contributed by atoms with Crippen LogP contribution in [0.15, 0.2) is 30.7 Å². The molecule has 3 rings (SSSR count). The van der Waals surface area contributed by atoms with Crippen LogP contribution in [0.5, 0.6) is 0 Å². The molecule has 19 heavy (non-hydrogen) atoms. The summed E-state index contributed by atoms with van der Waals surface area (Å²) in [4.78, 5) is 16.4. The van der Waals surface area contributed by atoms with E-state index in [1.54, 1.807) is 6.20 Å². The molecule has 0 atom stereocenters. The summed E-state index contributed by atoms with van der Waals surface area (Å²) in [5, 5.41) is 3.16. The van der Waals surface area contributed by atoms with Crippen LogP contribution in [-0.4, -0.2) is 21.3 Å². The van der Waals surface area contributed by atoms with E-state index in [9.17, 15) is 4.79 Å². The molecule has 100 valence electrons. The summed E-state index contributed by atoms with van der Waals surface area (Å²) in [6.07, 6.45) is 12.7. The van der Waals surface area contributed by atoms with Gasteiger partial charge < -0.3 is 9.72 Å². The zero-order valence-corrected chi connectivity index (χ0v) is 11.0. The van der Waals surface area contributed by atoms with Gasteiger partial charge in [0.2, 0.25) is 0 Å². The number of carbonyl (C=O) groups is 1. The van der Waals surface area contributed by atoms with Crippen LogP contribution in [0.25, 0.3) is 5.65 Å². The van der Waals surface area contributed by atoms with Crippen LogP contribution in [-0.2, 0) is 0 Å². The molecule has 1 amide bonds. The number of nitrogens with one attached hydrogen (secondary N) is 1. The molecule has 2 aromatic heterocycles. The molecule has 4 nitrogen and oxygen atoms in total. The van der Waals surface area contributed by atoms with Crippen molar-refractivity contribution in [2.75, 3.05) is 0 Å². The molecular formula is C15H19N3O. The average molecular weight is 257 g/mol. The standard InChI is InChI=1S/C15H19N3O/c19-15(17-13-5-3-1-2-4-6-13)12-7-8-14-16-9-10-18(14)11-12/h7-11,13H,1-6H2,(H,17,19). The van der Waals surface area contributed by atoms with E-state index in [-0.39, 0.29) is 5.91 Å². The van der Waals surface area contributed by atoms with Gasteiger partial charge in [0.25, 0.3) is 5.91 Å². The quantitative estimate of drug-likeness (QED) is 0.841. The zero-order valence-electron chi connectivity index (χ0n) is 11.0. The Kier molecular flexibility index (Phi) is 3.49. The van der Waals surface area contributed by atoms with Crippen LogP contribution in [0, 0.1) is 0 Å². The molecule has 0 bridgehead atoms. The van der Waals surface area contributed by atoms with Crippen molar-refractivity contribution in [3.63, 3.8) is 0 Å². The predicted molar refractivity (Wildman–Crippen MR) is 74.1 cm³/mol. The van der Waals surface area contributed by atoms with Crippen molar-refractivity contribution in [3.8, 4) is 0 Å². The first-order valence-corrected chi connectivity index (χ1v) is 7.06. The number of fused-ring (bicyclic) bond motifs is 1. The second-order valence-electron chi connectivity index (χ2n) is 5.27. The normalized spacial score (nSPS) is 17.3. The number of pyridine rings is 1. The highest BCUT2D eigenvalue weighted by Gasteiger charge is 2.15. The molecule has 0 saturated heterocycles. The van der Waals surface area contributed by atoms with E-state index in [0.717, 1.165) is 18.5 Å². The maximum absolute atomic E-state index is 12.2. The summed E-state index contributed by atoms with van der Waals surface area (Å²) in [5.41, 5.74) is 1.57. The van der Waals surface area contributed by atoms with Crippen molar-refractivity contribution in [2.45, 2.75) is 44.6 Å². The highest BCUT2D eigenvalue weighted by atomic mass is 16.1. The van der Waals surface area contributed by atoms with E-state index in [1.807, 2.05) is 28.9 Å². The van der Waals surface area contributed by atoms with Crippen LogP contribution in [0.1, 0.15) is 48.9 Å². The second kappa shape index (κ2) is 5.43. The summed E-state index contributed by atoms with van der Waals surface area (Å²) < 4.78 is 1.88. The van der Waals surface area contributed by atoms with Crippen LogP contribution in [0.3, 0.4) is 0 Å². The molecule has 1 fully saturated rings. The van der Waals surface area contributed by atoms with Gasteiger partial charge in [0.1, 0.15) is 5.65 Å². The molecule has 1 saturated carbocycles. The topological polar surface area (TPSA) is 46.4 Å². The van der Waals surface area contributed by atoms with Crippen LogP contribution in [0.4, 0.5) is 0 Å². The van der Waals surface area contributed by atoms with Crippen molar-refractivity contribution >= 4 is 11.6 Å². The first-order chi connectivity index (χ1) is 9.33. The van der Waals surface area contributed by atoms with E-state index in [0.29, 0.717) is 11.6 Å². The van der Waals surface area contributed by atoms with Crippen molar-refractivity contribution in [1.82, 2.24) is 14.7 Å². The van der Waals surface area contributed by atoms with Crippen LogP contribution in [0.2, 0.25) is 0 Å². The van der Waals surface area contributed by atoms with Gasteiger partial charge >= 0.3 is 0 Å². The average Bonchev–Trinajstić information content (AvgIpc) is 2.75. The second-order valence-corrected chi connectivity index (χ2v) is 5.27. The molecule has 1 aliphatic carbocycles. The van der Waals surface area contributed by atoms with Crippen molar-refractivity contribution in [3.05, 3.63) is 36.3 Å². The molecule has 0 radical (unpaired) electrons. The number of aromatic nitrogens is 2. The third kappa shape index (κ3) is 2.78. The molecule has 0 unspecified atom stereocenters. The number of hydrogen-bond acceptors (Lipinski definition) is 2. The lowest BCUT2D eigenvalue weighted by atomic mass is 10.1. The number of amides is 1. The van der Waals surface area contributed by atoms with Gasteiger partial charge in [-0.15, -0.1) is 0 Å². The molecular weight excluding hydrogens is 238 g/mol. The fraction of sp³-hybridized carbons (Fsp3) is 0.467. The largest absolute Gasteiger partial charge is 0.349 e. The Hall–Kier alpha value is -1.84. The summed E-state index contributed by atoms with van der Waals surface area (Å²) in [7, 11) is 0. The van der Waals surface area contributed by atoms with Gasteiger partial charge in [-0.3, -0.25) is 4.79 Å². The molecule has 0 spiro atoms. The maximum Gasteiger partial charge on any atom is 0.252 e. The SMILES string of the molecule is O=C(NC1CCCCCC1)c1ccc2nccn2c1. The predicted octanol–water partition coefficient (Wildman–Crippen LogP) is 2.79. The fourth-order valence-electron chi connectivity index (χ4n) is 2.75. The zero-order chi connectivity index (χ0) is 13.1. The summed E-state index contributed by atoms with van der Waals surface area (Å²) >= 11 is 0. The Morgan fingerprint density at radius 1 is 1.21 bits per heavy atom. The first-order valence-electron chi connectivity index (χ1n) is 7.06. The first kappa shape index (κ1) is 12.2. The Balaban J connectivity index is 1.71. The molecule has 4 heteroatoms. The number of nitrogens with zero attached hydrogens (tertiary/aromatic N) is 2. The lowest BCUT2D eigenvalue weighted by molar-refractivity contribution is 0.0933. The van der Waals surface area contributed by atoms with Crippen molar-refractivity contribution in [1.29, 1.82) is 0 Å². The van der Waals surface area contributed by atoms with Gasteiger partial charge in [-0.2, -0.15) is 0 Å². The van der Waals surface area contributed by atoms with Gasteiger partial charge in [0.15, 0.2) is 0 Å². The Morgan fingerprint density at radius 3 is 2.79 bits per heavy atom. The highest BCUT2D eigenvalue weighted by Crippen LogP contribution is 2.17. The number of rotatable bonds is 2. The van der Waals surface area contributed by atoms with E-state index in [4.69, 9.17) is 0 Å². The summed E-state index contributed by atoms with van der Waals surface area (Å²) in [5.74, 6) is 0.0301. The lowest BCUT2D eigenvalue weighted by Gasteiger charge is -2.16. The van der Waals surface area contributed by atoms with E-state index < -0.39 is 0 Å². The molecule has 0 aliphatic heterocycles. The number of hydrogen-bond donors (Lipinski definition) is 1. The van der Waals surface area contributed by atoms with Gasteiger partial charge in [-0.25, -0.2) is 4.98 Å². The van der Waals surface area contributed by atoms with Crippen LogP contribution >= 0.6 is 0 Å². The molecule has 2 aromatic rings. The minimum Gasteiger partial charge on any atom is -0.349 e. The van der Waals surface area contributed by atoms with Gasteiger partial charge in [-0.1, -0.05) is 25.7 Å². The number of imidazole rings is 1. The van der Waals surface area contributed by atoms with E-state index >= 15 is 0 Å². The third-order valence-electron chi connectivity index (χ3n) is 3.84. The molecule has 2 heterocycles.